The molecule has 2 aliphatic rings. The van der Waals surface area contributed by atoms with Crippen molar-refractivity contribution in [2.75, 3.05) is 0 Å². The third-order valence-corrected chi connectivity index (χ3v) is 7.19. The molecule has 2 aromatic heterocycles. The first-order valence-electron chi connectivity index (χ1n) is 12.9. The van der Waals surface area contributed by atoms with E-state index in [0.717, 1.165) is 46.3 Å². The van der Waals surface area contributed by atoms with Gasteiger partial charge in [0.05, 0.1) is 16.9 Å². The molecule has 0 saturated heterocycles. The standard InChI is InChI=1S/C21H19N2.C12H10N.Ir/c1-2-9-16(10-3-1)21-22-19-12-6-11-18-17(15-7-4-5-8-15)13-14-23(21)20(18)19;1-10-6-5-9-12(13-10)11-7-3-2-4-8-11;/h1-3,6,9,11-13,15H,4-5,7-8,14H2;2-7,9H,1H3;/q2*-1;. The molecule has 187 valence electrons. The van der Waals surface area contributed by atoms with Crippen LogP contribution < -0.4 is 0 Å². The zero-order valence-electron chi connectivity index (χ0n) is 20.9. The Labute approximate surface area is 232 Å². The number of aromatic nitrogens is 3. The van der Waals surface area contributed by atoms with Gasteiger partial charge < -0.3 is 9.55 Å². The fourth-order valence-corrected chi connectivity index (χ4v) is 5.50. The molecule has 3 nitrogen and oxygen atoms in total. The maximum Gasteiger partial charge on any atom is 0.0777 e. The van der Waals surface area contributed by atoms with Crippen molar-refractivity contribution in [3.63, 3.8) is 0 Å². The van der Waals surface area contributed by atoms with E-state index in [0.29, 0.717) is 0 Å². The summed E-state index contributed by atoms with van der Waals surface area (Å²) in [7, 11) is 0. The van der Waals surface area contributed by atoms with Crippen LogP contribution in [0.2, 0.25) is 0 Å². The molecule has 1 radical (unpaired) electrons. The minimum Gasteiger partial charge on any atom is -0.360 e. The Hall–Kier alpha value is -3.33. The molecular weight excluding hydrogens is 631 g/mol. The van der Waals surface area contributed by atoms with Gasteiger partial charge in [-0.05, 0) is 49.1 Å². The van der Waals surface area contributed by atoms with Crippen LogP contribution in [0.1, 0.15) is 36.9 Å². The molecule has 3 heterocycles. The van der Waals surface area contributed by atoms with Gasteiger partial charge in [-0.2, -0.15) is 0 Å². The Morgan fingerprint density at radius 3 is 2.22 bits per heavy atom. The Morgan fingerprint density at radius 2 is 1.51 bits per heavy atom. The van der Waals surface area contributed by atoms with Gasteiger partial charge in [0.1, 0.15) is 0 Å². The Bertz CT molecular complexity index is 1510. The number of allylic oxidation sites excluding steroid dienone is 2. The van der Waals surface area contributed by atoms with Gasteiger partial charge in [-0.15, -0.1) is 71.8 Å². The summed E-state index contributed by atoms with van der Waals surface area (Å²) in [6, 6.07) is 35.0. The Balaban J connectivity index is 0.000000172. The zero-order chi connectivity index (χ0) is 24.3. The molecule has 7 rings (SSSR count). The molecule has 4 heteroatoms. The third-order valence-electron chi connectivity index (χ3n) is 7.19. The maximum absolute atomic E-state index is 4.91. The number of hydrogen-bond acceptors (Lipinski definition) is 2. The average Bonchev–Trinajstić information content (AvgIpc) is 3.60. The molecule has 1 aliphatic heterocycles. The van der Waals surface area contributed by atoms with Crippen molar-refractivity contribution in [2.45, 2.75) is 39.2 Å². The Kier molecular flexibility index (Phi) is 7.79. The second-order valence-corrected chi connectivity index (χ2v) is 9.58. The number of rotatable bonds is 3. The molecule has 0 amide bonds. The molecular formula is C33H29IrN3-2. The fraction of sp³-hybridized carbons (Fsp3) is 0.212. The first-order valence-corrected chi connectivity index (χ1v) is 12.9. The van der Waals surface area contributed by atoms with Crippen molar-refractivity contribution in [2.24, 2.45) is 5.92 Å². The van der Waals surface area contributed by atoms with Crippen LogP contribution in [0.3, 0.4) is 0 Å². The Morgan fingerprint density at radius 1 is 0.784 bits per heavy atom. The van der Waals surface area contributed by atoms with Crippen molar-refractivity contribution < 1.29 is 20.1 Å². The van der Waals surface area contributed by atoms with Crippen LogP contribution in [0.25, 0.3) is 39.3 Å². The fourth-order valence-electron chi connectivity index (χ4n) is 5.50. The van der Waals surface area contributed by atoms with Crippen molar-refractivity contribution >= 4 is 16.6 Å². The number of imidazole rings is 1. The van der Waals surface area contributed by atoms with Gasteiger partial charge in [0.2, 0.25) is 0 Å². The van der Waals surface area contributed by atoms with E-state index in [4.69, 9.17) is 4.98 Å². The van der Waals surface area contributed by atoms with E-state index >= 15 is 0 Å². The van der Waals surface area contributed by atoms with E-state index in [2.05, 4.69) is 58.1 Å². The molecule has 0 N–H and O–H groups in total. The predicted octanol–water partition coefficient (Wildman–Crippen LogP) is 7.95. The molecule has 0 bridgehead atoms. The van der Waals surface area contributed by atoms with Crippen LogP contribution in [-0.4, -0.2) is 14.5 Å². The molecule has 3 aromatic carbocycles. The van der Waals surface area contributed by atoms with E-state index in [-0.39, 0.29) is 20.1 Å². The molecule has 37 heavy (non-hydrogen) atoms. The van der Waals surface area contributed by atoms with Crippen LogP contribution in [0, 0.1) is 25.0 Å². The van der Waals surface area contributed by atoms with Gasteiger partial charge in [-0.25, -0.2) is 0 Å². The summed E-state index contributed by atoms with van der Waals surface area (Å²) in [5.41, 5.74) is 9.52. The third kappa shape index (κ3) is 5.23. The van der Waals surface area contributed by atoms with Crippen LogP contribution in [-0.2, 0) is 26.7 Å². The van der Waals surface area contributed by atoms with Crippen molar-refractivity contribution in [3.05, 3.63) is 114 Å². The summed E-state index contributed by atoms with van der Waals surface area (Å²) in [4.78, 5) is 9.33. The van der Waals surface area contributed by atoms with Gasteiger partial charge >= 0.3 is 0 Å². The predicted molar refractivity (Wildman–Crippen MR) is 147 cm³/mol. The maximum atomic E-state index is 4.91. The van der Waals surface area contributed by atoms with Gasteiger partial charge in [0, 0.05) is 37.9 Å². The number of para-hydroxylation sites is 1. The van der Waals surface area contributed by atoms with Gasteiger partial charge in [0.15, 0.2) is 0 Å². The molecule has 1 aliphatic carbocycles. The van der Waals surface area contributed by atoms with E-state index in [9.17, 15) is 0 Å². The van der Waals surface area contributed by atoms with Crippen molar-refractivity contribution in [3.8, 4) is 22.6 Å². The van der Waals surface area contributed by atoms with E-state index in [1.807, 2.05) is 61.5 Å². The summed E-state index contributed by atoms with van der Waals surface area (Å²) in [5, 5.41) is 0. The van der Waals surface area contributed by atoms with Gasteiger partial charge in [-0.1, -0.05) is 43.2 Å². The number of nitrogens with zero attached hydrogens (tertiary/aromatic N) is 3. The van der Waals surface area contributed by atoms with Crippen molar-refractivity contribution in [1.29, 1.82) is 0 Å². The van der Waals surface area contributed by atoms with Crippen molar-refractivity contribution in [1.82, 2.24) is 14.5 Å². The summed E-state index contributed by atoms with van der Waals surface area (Å²) in [6.45, 7) is 2.92. The number of aryl methyl sites for hydroxylation is 1. The summed E-state index contributed by atoms with van der Waals surface area (Å²) >= 11 is 0. The van der Waals surface area contributed by atoms with Crippen LogP contribution in [0.15, 0.2) is 91.0 Å². The minimum atomic E-state index is 0. The minimum absolute atomic E-state index is 0. The average molecular weight is 660 g/mol. The normalized spacial score (nSPS) is 14.5. The first-order chi connectivity index (χ1) is 17.8. The number of pyridine rings is 1. The number of hydrogen-bond donors (Lipinski definition) is 0. The first kappa shape index (κ1) is 25.3. The molecule has 5 aromatic rings. The van der Waals surface area contributed by atoms with Crippen LogP contribution in [0.4, 0.5) is 0 Å². The molecule has 0 unspecified atom stereocenters. The second-order valence-electron chi connectivity index (χ2n) is 9.58. The smallest absolute Gasteiger partial charge is 0.0777 e. The monoisotopic (exact) mass is 660 g/mol. The SMILES string of the molecule is Cc1cccc(-c2[c-]cccc2)n1.[Ir].[c-]1ccccc1-c1nc2cccc3c2n1CC=C3C1CCCC1. The quantitative estimate of drug-likeness (QED) is 0.184. The molecule has 0 atom stereocenters. The number of benzene rings is 3. The van der Waals surface area contributed by atoms with E-state index in [1.165, 1.54) is 36.8 Å². The molecule has 0 spiro atoms. The molecule has 1 fully saturated rings. The van der Waals surface area contributed by atoms with Gasteiger partial charge in [0.25, 0.3) is 0 Å². The summed E-state index contributed by atoms with van der Waals surface area (Å²) < 4.78 is 2.36. The zero-order valence-corrected chi connectivity index (χ0v) is 23.3. The van der Waals surface area contributed by atoms with Crippen LogP contribution in [0.5, 0.6) is 0 Å². The summed E-state index contributed by atoms with van der Waals surface area (Å²) in [6.07, 6.45) is 7.88. The van der Waals surface area contributed by atoms with E-state index in [1.54, 1.807) is 5.57 Å². The van der Waals surface area contributed by atoms with E-state index < -0.39 is 0 Å². The van der Waals surface area contributed by atoms with Crippen LogP contribution >= 0.6 is 0 Å². The largest absolute Gasteiger partial charge is 0.360 e. The topological polar surface area (TPSA) is 30.7 Å². The van der Waals surface area contributed by atoms with Gasteiger partial charge in [-0.3, -0.25) is 4.98 Å². The summed E-state index contributed by atoms with van der Waals surface area (Å²) in [5.74, 6) is 1.78. The molecule has 1 saturated carbocycles. The second kappa shape index (κ2) is 11.4.